The zero-order chi connectivity index (χ0) is 20.9. The first-order valence-electron chi connectivity index (χ1n) is 8.92. The van der Waals surface area contributed by atoms with Crippen LogP contribution in [0.2, 0.25) is 0 Å². The normalized spacial score (nSPS) is 12.0. The monoisotopic (exact) mass is 383 g/mol. The largest absolute Gasteiger partial charge is 0.497 e. The Morgan fingerprint density at radius 1 is 0.964 bits per heavy atom. The van der Waals surface area contributed by atoms with Crippen LogP contribution in [0.1, 0.15) is 48.4 Å². The maximum absolute atomic E-state index is 12.5. The SMILES string of the molecule is COc1cccc(C(=O)O[C@H](C)C(=O)c2ccc(NC(=O)C(C)(C)C)cc2)c1. The molecule has 0 heterocycles. The van der Waals surface area contributed by atoms with E-state index < -0.39 is 17.5 Å². The molecule has 0 aliphatic carbocycles. The number of rotatable bonds is 6. The quantitative estimate of drug-likeness (QED) is 0.600. The lowest BCUT2D eigenvalue weighted by atomic mass is 9.95. The highest BCUT2D eigenvalue weighted by molar-refractivity contribution is 6.02. The summed E-state index contributed by atoms with van der Waals surface area (Å²) in [4.78, 5) is 36.8. The average Bonchev–Trinajstić information content (AvgIpc) is 2.67. The summed E-state index contributed by atoms with van der Waals surface area (Å²) in [6, 6.07) is 13.0. The lowest BCUT2D eigenvalue weighted by Gasteiger charge is -2.18. The number of ether oxygens (including phenoxy) is 2. The summed E-state index contributed by atoms with van der Waals surface area (Å²) in [6.07, 6.45) is -0.950. The van der Waals surface area contributed by atoms with E-state index in [0.717, 1.165) is 0 Å². The molecule has 0 aromatic heterocycles. The molecule has 2 aromatic carbocycles. The summed E-state index contributed by atoms with van der Waals surface area (Å²) in [5.41, 5.74) is 0.772. The van der Waals surface area contributed by atoms with Gasteiger partial charge in [-0.3, -0.25) is 9.59 Å². The Morgan fingerprint density at radius 3 is 2.18 bits per heavy atom. The number of carbonyl (C=O) groups is 3. The van der Waals surface area contributed by atoms with Gasteiger partial charge in [0.15, 0.2) is 6.10 Å². The minimum Gasteiger partial charge on any atom is -0.497 e. The van der Waals surface area contributed by atoms with Gasteiger partial charge in [0.25, 0.3) is 0 Å². The number of benzene rings is 2. The Morgan fingerprint density at radius 2 is 1.61 bits per heavy atom. The van der Waals surface area contributed by atoms with Crippen molar-refractivity contribution in [2.45, 2.75) is 33.8 Å². The van der Waals surface area contributed by atoms with Gasteiger partial charge < -0.3 is 14.8 Å². The van der Waals surface area contributed by atoms with Gasteiger partial charge in [0.05, 0.1) is 12.7 Å². The molecule has 1 amide bonds. The molecule has 2 rings (SSSR count). The summed E-state index contributed by atoms with van der Waals surface area (Å²) in [5.74, 6) is -0.521. The van der Waals surface area contributed by atoms with E-state index in [-0.39, 0.29) is 11.7 Å². The smallest absolute Gasteiger partial charge is 0.338 e. The van der Waals surface area contributed by atoms with E-state index >= 15 is 0 Å². The highest BCUT2D eigenvalue weighted by Gasteiger charge is 2.22. The fourth-order valence-electron chi connectivity index (χ4n) is 2.30. The highest BCUT2D eigenvalue weighted by Crippen LogP contribution is 2.19. The second-order valence-electron chi connectivity index (χ2n) is 7.43. The van der Waals surface area contributed by atoms with Crippen LogP contribution < -0.4 is 10.1 Å². The topological polar surface area (TPSA) is 81.7 Å². The van der Waals surface area contributed by atoms with E-state index in [9.17, 15) is 14.4 Å². The second kappa shape index (κ2) is 8.69. The number of hydrogen-bond acceptors (Lipinski definition) is 5. The van der Waals surface area contributed by atoms with Crippen molar-refractivity contribution in [3.63, 3.8) is 0 Å². The Balaban J connectivity index is 2.02. The van der Waals surface area contributed by atoms with Crippen LogP contribution in [0.5, 0.6) is 5.75 Å². The summed E-state index contributed by atoms with van der Waals surface area (Å²) >= 11 is 0. The van der Waals surface area contributed by atoms with Crippen LogP contribution in [0, 0.1) is 5.41 Å². The predicted octanol–water partition coefficient (Wildman–Crippen LogP) is 4.11. The third-order valence-corrected chi connectivity index (χ3v) is 4.07. The third-order valence-electron chi connectivity index (χ3n) is 4.07. The standard InChI is InChI=1S/C22H25NO5/c1-14(28-20(25)16-7-6-8-18(13-16)27-5)19(24)15-9-11-17(12-10-15)23-21(26)22(2,3)4/h6-14H,1-5H3,(H,23,26)/t14-/m1/s1. The van der Waals surface area contributed by atoms with Crippen molar-refractivity contribution >= 4 is 23.3 Å². The number of Topliss-reactive ketones (excluding diaryl/α,β-unsaturated/α-hetero) is 1. The molecule has 0 saturated carbocycles. The van der Waals surface area contributed by atoms with Crippen LogP contribution in [0.3, 0.4) is 0 Å². The van der Waals surface area contributed by atoms with Gasteiger partial charge >= 0.3 is 5.97 Å². The Hall–Kier alpha value is -3.15. The molecule has 1 N–H and O–H groups in total. The fourth-order valence-corrected chi connectivity index (χ4v) is 2.30. The van der Waals surface area contributed by atoms with Crippen LogP contribution in [0.4, 0.5) is 5.69 Å². The highest BCUT2D eigenvalue weighted by atomic mass is 16.5. The van der Waals surface area contributed by atoms with Gasteiger partial charge in [-0.15, -0.1) is 0 Å². The number of hydrogen-bond donors (Lipinski definition) is 1. The molecule has 6 heteroatoms. The number of anilines is 1. The molecule has 0 aliphatic rings. The maximum atomic E-state index is 12.5. The van der Waals surface area contributed by atoms with Crippen molar-refractivity contribution in [2.24, 2.45) is 5.41 Å². The predicted molar refractivity (Wildman–Crippen MR) is 107 cm³/mol. The van der Waals surface area contributed by atoms with E-state index in [2.05, 4.69) is 5.32 Å². The Labute approximate surface area is 164 Å². The summed E-state index contributed by atoms with van der Waals surface area (Å²) < 4.78 is 10.4. The lowest BCUT2D eigenvalue weighted by molar-refractivity contribution is -0.123. The first-order valence-corrected chi connectivity index (χ1v) is 8.92. The molecule has 0 radical (unpaired) electrons. The molecular weight excluding hydrogens is 358 g/mol. The molecule has 0 fully saturated rings. The number of nitrogens with one attached hydrogen (secondary N) is 1. The zero-order valence-electron chi connectivity index (χ0n) is 16.7. The molecule has 148 valence electrons. The van der Waals surface area contributed by atoms with Gasteiger partial charge in [-0.05, 0) is 49.4 Å². The van der Waals surface area contributed by atoms with Crippen molar-refractivity contribution in [1.82, 2.24) is 0 Å². The van der Waals surface area contributed by atoms with Gasteiger partial charge in [0.1, 0.15) is 5.75 Å². The average molecular weight is 383 g/mol. The number of methoxy groups -OCH3 is 1. The van der Waals surface area contributed by atoms with Gasteiger partial charge in [0, 0.05) is 16.7 Å². The molecule has 28 heavy (non-hydrogen) atoms. The Kier molecular flexibility index (Phi) is 6.57. The molecule has 0 bridgehead atoms. The van der Waals surface area contributed by atoms with Crippen LogP contribution in [-0.2, 0) is 9.53 Å². The molecular formula is C22H25NO5. The lowest BCUT2D eigenvalue weighted by Crippen LogP contribution is -2.27. The molecule has 0 spiro atoms. The minimum atomic E-state index is -0.950. The number of ketones is 1. The van der Waals surface area contributed by atoms with Crippen molar-refractivity contribution in [1.29, 1.82) is 0 Å². The first-order chi connectivity index (χ1) is 13.1. The third kappa shape index (κ3) is 5.42. The van der Waals surface area contributed by atoms with Gasteiger partial charge in [-0.1, -0.05) is 26.8 Å². The van der Waals surface area contributed by atoms with E-state index in [1.807, 2.05) is 20.8 Å². The minimum absolute atomic E-state index is 0.118. The summed E-state index contributed by atoms with van der Waals surface area (Å²) in [5, 5.41) is 2.79. The van der Waals surface area contributed by atoms with Crippen LogP contribution >= 0.6 is 0 Å². The maximum Gasteiger partial charge on any atom is 0.338 e. The second-order valence-corrected chi connectivity index (χ2v) is 7.43. The van der Waals surface area contributed by atoms with Crippen LogP contribution in [0.15, 0.2) is 48.5 Å². The van der Waals surface area contributed by atoms with Gasteiger partial charge in [-0.25, -0.2) is 4.79 Å². The van der Waals surface area contributed by atoms with E-state index in [0.29, 0.717) is 22.6 Å². The molecule has 2 aromatic rings. The summed E-state index contributed by atoms with van der Waals surface area (Å²) in [7, 11) is 1.50. The van der Waals surface area contributed by atoms with Crippen LogP contribution in [-0.4, -0.2) is 30.9 Å². The molecule has 0 unspecified atom stereocenters. The fraction of sp³-hybridized carbons (Fsp3) is 0.318. The molecule has 1 atom stereocenters. The van der Waals surface area contributed by atoms with Gasteiger partial charge in [-0.2, -0.15) is 0 Å². The molecule has 0 saturated heterocycles. The molecule has 0 aliphatic heterocycles. The van der Waals surface area contributed by atoms with Crippen molar-refractivity contribution in [3.05, 3.63) is 59.7 Å². The van der Waals surface area contributed by atoms with Crippen molar-refractivity contribution < 1.29 is 23.9 Å². The number of amides is 1. The number of carbonyl (C=O) groups excluding carboxylic acids is 3. The van der Waals surface area contributed by atoms with E-state index in [1.54, 1.807) is 48.5 Å². The molecule has 6 nitrogen and oxygen atoms in total. The first kappa shape index (κ1) is 21.2. The van der Waals surface area contributed by atoms with Crippen LogP contribution in [0.25, 0.3) is 0 Å². The van der Waals surface area contributed by atoms with Crippen molar-refractivity contribution in [3.8, 4) is 5.75 Å². The Bertz CT molecular complexity index is 865. The van der Waals surface area contributed by atoms with Crippen molar-refractivity contribution in [2.75, 3.05) is 12.4 Å². The zero-order valence-corrected chi connectivity index (χ0v) is 16.7. The van der Waals surface area contributed by atoms with E-state index in [1.165, 1.54) is 14.0 Å². The summed E-state index contributed by atoms with van der Waals surface area (Å²) in [6.45, 7) is 6.98. The van der Waals surface area contributed by atoms with Gasteiger partial charge in [0.2, 0.25) is 11.7 Å². The number of esters is 1. The van der Waals surface area contributed by atoms with E-state index in [4.69, 9.17) is 9.47 Å².